The van der Waals surface area contributed by atoms with Crippen LogP contribution in [0.2, 0.25) is 0 Å². The highest BCUT2D eigenvalue weighted by Gasteiger charge is 2.20. The molecule has 0 amide bonds. The molecule has 0 radical (unpaired) electrons. The molecule has 0 atom stereocenters. The fraction of sp³-hybridized carbons (Fsp3) is 0. The maximum Gasteiger partial charge on any atom is 0.136 e. The van der Waals surface area contributed by atoms with Crippen molar-refractivity contribution in [3.63, 3.8) is 0 Å². The average Bonchev–Trinajstić information content (AvgIpc) is 3.98. The molecule has 3 aromatic heterocycles. The smallest absolute Gasteiger partial charge is 0.136 e. The zero-order chi connectivity index (χ0) is 38.2. The van der Waals surface area contributed by atoms with E-state index in [2.05, 4.69) is 205 Å². The Morgan fingerprint density at radius 2 is 0.862 bits per heavy atom. The summed E-state index contributed by atoms with van der Waals surface area (Å²) in [5.41, 5.74) is 12.3. The summed E-state index contributed by atoms with van der Waals surface area (Å²) in [6.45, 7) is 0. The Hall–Kier alpha value is -6.98. The molecule has 4 heteroatoms. The fourth-order valence-corrected chi connectivity index (χ4v) is 11.1. The second-order valence-electron chi connectivity index (χ2n) is 14.8. The topological polar surface area (TPSA) is 16.4 Å². The van der Waals surface area contributed by atoms with Crippen molar-refractivity contribution < 1.29 is 4.42 Å². The van der Waals surface area contributed by atoms with Crippen LogP contribution < -0.4 is 4.90 Å². The Bertz CT molecular complexity index is 3500. The van der Waals surface area contributed by atoms with Crippen molar-refractivity contribution in [2.24, 2.45) is 0 Å². The van der Waals surface area contributed by atoms with Crippen LogP contribution in [0.25, 0.3) is 95.7 Å². The number of anilines is 3. The van der Waals surface area contributed by atoms with Gasteiger partial charge in [-0.15, -0.1) is 22.7 Å². The van der Waals surface area contributed by atoms with Gasteiger partial charge in [0.05, 0.1) is 0 Å². The van der Waals surface area contributed by atoms with Gasteiger partial charge in [0.1, 0.15) is 11.2 Å². The molecule has 272 valence electrons. The summed E-state index contributed by atoms with van der Waals surface area (Å²) >= 11 is 3.70. The van der Waals surface area contributed by atoms with E-state index in [1.165, 1.54) is 78.9 Å². The molecule has 3 heterocycles. The summed E-state index contributed by atoms with van der Waals surface area (Å²) in [5.74, 6) is 0. The van der Waals surface area contributed by atoms with Gasteiger partial charge in [-0.2, -0.15) is 0 Å². The number of hydrogen-bond donors (Lipinski definition) is 0. The molecule has 9 aromatic carbocycles. The molecule has 0 N–H and O–H groups in total. The third-order valence-corrected chi connectivity index (χ3v) is 13.9. The maximum atomic E-state index is 6.53. The van der Waals surface area contributed by atoms with E-state index in [0.29, 0.717) is 0 Å². The van der Waals surface area contributed by atoms with Crippen molar-refractivity contribution in [1.82, 2.24) is 0 Å². The summed E-state index contributed by atoms with van der Waals surface area (Å²) in [7, 11) is 0. The van der Waals surface area contributed by atoms with Crippen molar-refractivity contribution in [3.05, 3.63) is 200 Å². The number of fused-ring (bicyclic) bond motifs is 10. The molecule has 0 bridgehead atoms. The summed E-state index contributed by atoms with van der Waals surface area (Å²) in [6.07, 6.45) is 0. The lowest BCUT2D eigenvalue weighted by Crippen LogP contribution is -2.09. The predicted octanol–water partition coefficient (Wildman–Crippen LogP) is 16.8. The van der Waals surface area contributed by atoms with E-state index >= 15 is 0 Å². The summed E-state index contributed by atoms with van der Waals surface area (Å²) in [4.78, 5) is 2.39. The molecule has 0 aliphatic heterocycles. The number of rotatable bonds is 6. The van der Waals surface area contributed by atoms with Crippen LogP contribution in [0.3, 0.4) is 0 Å². The number of benzene rings is 9. The molecule has 12 aromatic rings. The second-order valence-corrected chi connectivity index (χ2v) is 16.9. The second kappa shape index (κ2) is 13.3. The fourth-order valence-electron chi connectivity index (χ4n) is 8.81. The molecule has 58 heavy (non-hydrogen) atoms. The Morgan fingerprint density at radius 3 is 1.59 bits per heavy atom. The highest BCUT2D eigenvalue weighted by Crippen LogP contribution is 2.46. The van der Waals surface area contributed by atoms with Gasteiger partial charge >= 0.3 is 0 Å². The SMILES string of the molecule is c1ccc(-c2ccccc2-c2ccc(N(c3ccc(-c4cccc5oc6ccc7c8ccccc8sc7c6c45)cc3)c3ccc4sc5ccccc5c4c3)cc2)cc1. The molecule has 0 fully saturated rings. The quantitative estimate of drug-likeness (QED) is 0.167. The van der Waals surface area contributed by atoms with Gasteiger partial charge in [-0.05, 0) is 106 Å². The minimum absolute atomic E-state index is 0.911. The zero-order valence-electron chi connectivity index (χ0n) is 31.2. The predicted molar refractivity (Wildman–Crippen MR) is 250 cm³/mol. The van der Waals surface area contributed by atoms with Gasteiger partial charge in [-0.1, -0.05) is 127 Å². The molecule has 0 unspecified atom stereocenters. The Balaban J connectivity index is 0.996. The largest absolute Gasteiger partial charge is 0.456 e. The first kappa shape index (κ1) is 33.2. The van der Waals surface area contributed by atoms with Crippen molar-refractivity contribution in [2.75, 3.05) is 4.90 Å². The Labute approximate surface area is 343 Å². The highest BCUT2D eigenvalue weighted by atomic mass is 32.1. The lowest BCUT2D eigenvalue weighted by atomic mass is 9.94. The molecular formula is C54H33NOS2. The number of thiophene rings is 2. The van der Waals surface area contributed by atoms with Crippen LogP contribution >= 0.6 is 22.7 Å². The van der Waals surface area contributed by atoms with Crippen LogP contribution in [0.15, 0.2) is 205 Å². The normalized spacial score (nSPS) is 11.8. The van der Waals surface area contributed by atoms with Crippen molar-refractivity contribution in [2.45, 2.75) is 0 Å². The van der Waals surface area contributed by atoms with E-state index < -0.39 is 0 Å². The van der Waals surface area contributed by atoms with E-state index in [1.54, 1.807) is 0 Å². The minimum atomic E-state index is 0.911. The average molecular weight is 776 g/mol. The Kier molecular flexibility index (Phi) is 7.62. The number of nitrogens with zero attached hydrogens (tertiary/aromatic N) is 1. The number of furan rings is 1. The van der Waals surface area contributed by atoms with Crippen molar-refractivity contribution >= 4 is 102 Å². The molecule has 0 aliphatic rings. The molecule has 0 spiro atoms. The summed E-state index contributed by atoms with van der Waals surface area (Å²) < 4.78 is 11.7. The van der Waals surface area contributed by atoms with E-state index in [4.69, 9.17) is 4.42 Å². The minimum Gasteiger partial charge on any atom is -0.456 e. The van der Waals surface area contributed by atoms with Crippen molar-refractivity contribution in [1.29, 1.82) is 0 Å². The van der Waals surface area contributed by atoms with Gasteiger partial charge in [0.15, 0.2) is 0 Å². The zero-order valence-corrected chi connectivity index (χ0v) is 32.9. The van der Waals surface area contributed by atoms with E-state index in [-0.39, 0.29) is 0 Å². The first-order valence-electron chi connectivity index (χ1n) is 19.6. The monoisotopic (exact) mass is 775 g/mol. The maximum absolute atomic E-state index is 6.53. The van der Waals surface area contributed by atoms with Crippen LogP contribution in [-0.2, 0) is 0 Å². The molecule has 2 nitrogen and oxygen atoms in total. The third kappa shape index (κ3) is 5.30. The van der Waals surface area contributed by atoms with Crippen molar-refractivity contribution in [3.8, 4) is 33.4 Å². The van der Waals surface area contributed by atoms with Gasteiger partial charge in [-0.25, -0.2) is 0 Å². The number of hydrogen-bond acceptors (Lipinski definition) is 4. The first-order valence-corrected chi connectivity index (χ1v) is 21.2. The molecule has 12 rings (SSSR count). The molecule has 0 aliphatic carbocycles. The van der Waals surface area contributed by atoms with Gasteiger partial charge in [0.2, 0.25) is 0 Å². The lowest BCUT2D eigenvalue weighted by Gasteiger charge is -2.26. The third-order valence-electron chi connectivity index (χ3n) is 11.5. The first-order chi connectivity index (χ1) is 28.7. The highest BCUT2D eigenvalue weighted by molar-refractivity contribution is 7.27. The van der Waals surface area contributed by atoms with Crippen LogP contribution in [0.1, 0.15) is 0 Å². The van der Waals surface area contributed by atoms with Crippen LogP contribution in [0.5, 0.6) is 0 Å². The van der Waals surface area contributed by atoms with E-state index in [1.807, 2.05) is 22.7 Å². The van der Waals surface area contributed by atoms with E-state index in [9.17, 15) is 0 Å². The van der Waals surface area contributed by atoms with Gasteiger partial charge in [0, 0.05) is 68.2 Å². The molecule has 0 saturated carbocycles. The summed E-state index contributed by atoms with van der Waals surface area (Å²) in [6, 6.07) is 72.5. The summed E-state index contributed by atoms with van der Waals surface area (Å²) in [5, 5.41) is 7.50. The van der Waals surface area contributed by atoms with E-state index in [0.717, 1.165) is 33.8 Å². The van der Waals surface area contributed by atoms with Crippen LogP contribution in [0, 0.1) is 0 Å². The standard InChI is InChI=1S/C54H33NOS2/c1-2-11-34(12-3-1)40-13-4-5-14-41(40)35-21-25-37(26-22-35)55(39-29-32-51-46(33-39)44-16-7-8-19-49(44)57-51)38-27-23-36(24-28-38)42-17-10-18-47-52(42)53-48(56-47)31-30-45-43-15-6-9-20-50(43)58-54(45)53/h1-33H. The van der Waals surface area contributed by atoms with Gasteiger partial charge in [-0.3, -0.25) is 0 Å². The lowest BCUT2D eigenvalue weighted by molar-refractivity contribution is 0.669. The van der Waals surface area contributed by atoms with Crippen LogP contribution in [0.4, 0.5) is 17.1 Å². The van der Waals surface area contributed by atoms with Gasteiger partial charge in [0.25, 0.3) is 0 Å². The van der Waals surface area contributed by atoms with Gasteiger partial charge < -0.3 is 9.32 Å². The van der Waals surface area contributed by atoms with Crippen LogP contribution in [-0.4, -0.2) is 0 Å². The molecule has 0 saturated heterocycles. The molecular weight excluding hydrogens is 743 g/mol. The Morgan fingerprint density at radius 1 is 0.328 bits per heavy atom.